The van der Waals surface area contributed by atoms with Crippen molar-refractivity contribution in [2.75, 3.05) is 18.5 Å². The summed E-state index contributed by atoms with van der Waals surface area (Å²) in [5, 5.41) is 3.57. The third kappa shape index (κ3) is 6.74. The summed E-state index contributed by atoms with van der Waals surface area (Å²) in [4.78, 5) is 0. The summed E-state index contributed by atoms with van der Waals surface area (Å²) < 4.78 is 11.3. The lowest BCUT2D eigenvalue weighted by Gasteiger charge is -2.19. The molecular weight excluding hydrogens is 262 g/mol. The van der Waals surface area contributed by atoms with Crippen molar-refractivity contribution in [3.63, 3.8) is 0 Å². The highest BCUT2D eigenvalue weighted by Crippen LogP contribution is 2.30. The van der Waals surface area contributed by atoms with Crippen LogP contribution >= 0.6 is 0 Å². The van der Waals surface area contributed by atoms with E-state index in [4.69, 9.17) is 9.47 Å². The molecule has 0 heterocycles. The van der Waals surface area contributed by atoms with Crippen molar-refractivity contribution in [2.24, 2.45) is 0 Å². The molecule has 1 rings (SSSR count). The zero-order chi connectivity index (χ0) is 15.5. The Morgan fingerprint density at radius 1 is 1.00 bits per heavy atom. The average molecular weight is 293 g/mol. The van der Waals surface area contributed by atoms with Gasteiger partial charge in [0, 0.05) is 12.1 Å². The van der Waals surface area contributed by atoms with Crippen LogP contribution in [0.1, 0.15) is 59.8 Å². The van der Waals surface area contributed by atoms with E-state index in [1.807, 2.05) is 32.0 Å². The number of hydrogen-bond acceptors (Lipinski definition) is 3. The summed E-state index contributed by atoms with van der Waals surface area (Å²) in [7, 11) is 0. The van der Waals surface area contributed by atoms with Gasteiger partial charge in [-0.05, 0) is 39.3 Å². The highest BCUT2D eigenvalue weighted by molar-refractivity contribution is 5.60. The van der Waals surface area contributed by atoms with Crippen LogP contribution in [0, 0.1) is 0 Å². The van der Waals surface area contributed by atoms with Crippen LogP contribution in [0.15, 0.2) is 18.2 Å². The second-order valence-electron chi connectivity index (χ2n) is 5.42. The van der Waals surface area contributed by atoms with Gasteiger partial charge in [-0.1, -0.05) is 32.6 Å². The minimum atomic E-state index is 0.443. The van der Waals surface area contributed by atoms with Gasteiger partial charge in [0.05, 0.1) is 18.9 Å². The molecule has 3 heteroatoms. The molecular formula is C18H31NO2. The number of anilines is 1. The lowest BCUT2D eigenvalue weighted by molar-refractivity contribution is 0.331. The van der Waals surface area contributed by atoms with Crippen molar-refractivity contribution < 1.29 is 9.47 Å². The Balaban J connectivity index is 2.62. The Kier molecular flexibility index (Phi) is 8.72. The van der Waals surface area contributed by atoms with E-state index in [-0.39, 0.29) is 0 Å². The number of ether oxygens (including phenoxy) is 2. The Bertz CT molecular complexity index is 393. The molecule has 0 amide bonds. The first kappa shape index (κ1) is 17.7. The molecule has 1 aromatic carbocycles. The van der Waals surface area contributed by atoms with E-state index in [0.717, 1.165) is 17.2 Å². The Labute approximate surface area is 130 Å². The fraction of sp³-hybridized carbons (Fsp3) is 0.667. The monoisotopic (exact) mass is 293 g/mol. The van der Waals surface area contributed by atoms with E-state index >= 15 is 0 Å². The van der Waals surface area contributed by atoms with Gasteiger partial charge in [0.25, 0.3) is 0 Å². The molecule has 0 saturated heterocycles. The third-order valence-electron chi connectivity index (χ3n) is 3.45. The van der Waals surface area contributed by atoms with Crippen LogP contribution < -0.4 is 14.8 Å². The molecule has 1 unspecified atom stereocenters. The van der Waals surface area contributed by atoms with Gasteiger partial charge in [-0.15, -0.1) is 0 Å². The Morgan fingerprint density at radius 3 is 2.43 bits per heavy atom. The van der Waals surface area contributed by atoms with E-state index in [1.165, 1.54) is 32.1 Å². The van der Waals surface area contributed by atoms with E-state index in [1.54, 1.807) is 0 Å². The summed E-state index contributed by atoms with van der Waals surface area (Å²) >= 11 is 0. The lowest BCUT2D eigenvalue weighted by Crippen LogP contribution is -2.16. The van der Waals surface area contributed by atoms with Gasteiger partial charge in [0.15, 0.2) is 0 Å². The van der Waals surface area contributed by atoms with Gasteiger partial charge in [-0.3, -0.25) is 0 Å². The first-order chi connectivity index (χ1) is 10.2. The fourth-order valence-corrected chi connectivity index (χ4v) is 2.37. The molecule has 0 radical (unpaired) electrons. The molecule has 0 aliphatic heterocycles. The minimum Gasteiger partial charge on any atom is -0.494 e. The number of hydrogen-bond donors (Lipinski definition) is 1. The number of benzene rings is 1. The van der Waals surface area contributed by atoms with Crippen LogP contribution in [0.3, 0.4) is 0 Å². The fourth-order valence-electron chi connectivity index (χ4n) is 2.37. The van der Waals surface area contributed by atoms with E-state index in [9.17, 15) is 0 Å². The maximum atomic E-state index is 5.70. The molecule has 0 spiro atoms. The van der Waals surface area contributed by atoms with Crippen molar-refractivity contribution in [2.45, 2.75) is 65.8 Å². The van der Waals surface area contributed by atoms with Crippen molar-refractivity contribution in [3.05, 3.63) is 18.2 Å². The molecule has 0 bridgehead atoms. The molecule has 0 aliphatic carbocycles. The number of unbranched alkanes of at least 4 members (excludes halogenated alkanes) is 3. The van der Waals surface area contributed by atoms with Gasteiger partial charge in [-0.25, -0.2) is 0 Å². The molecule has 0 aromatic heterocycles. The largest absolute Gasteiger partial charge is 0.494 e. The van der Waals surface area contributed by atoms with Crippen LogP contribution in [-0.4, -0.2) is 19.3 Å². The highest BCUT2D eigenvalue weighted by Gasteiger charge is 2.09. The van der Waals surface area contributed by atoms with Gasteiger partial charge in [0.1, 0.15) is 11.5 Å². The molecule has 120 valence electrons. The zero-order valence-corrected chi connectivity index (χ0v) is 14.1. The molecule has 1 N–H and O–H groups in total. The molecule has 21 heavy (non-hydrogen) atoms. The second kappa shape index (κ2) is 10.4. The predicted octanol–water partition coefficient (Wildman–Crippen LogP) is 5.25. The molecule has 0 fully saturated rings. The predicted molar refractivity (Wildman–Crippen MR) is 90.6 cm³/mol. The van der Waals surface area contributed by atoms with E-state index in [2.05, 4.69) is 19.2 Å². The summed E-state index contributed by atoms with van der Waals surface area (Å²) in [6, 6.07) is 6.43. The summed E-state index contributed by atoms with van der Waals surface area (Å²) in [5.41, 5.74) is 1.03. The molecule has 3 nitrogen and oxygen atoms in total. The van der Waals surface area contributed by atoms with Gasteiger partial charge >= 0.3 is 0 Å². The highest BCUT2D eigenvalue weighted by atomic mass is 16.5. The third-order valence-corrected chi connectivity index (χ3v) is 3.45. The summed E-state index contributed by atoms with van der Waals surface area (Å²) in [5.74, 6) is 1.79. The minimum absolute atomic E-state index is 0.443. The van der Waals surface area contributed by atoms with Crippen molar-refractivity contribution in [3.8, 4) is 11.5 Å². The topological polar surface area (TPSA) is 30.5 Å². The van der Waals surface area contributed by atoms with E-state index in [0.29, 0.717) is 19.3 Å². The molecule has 1 atom stereocenters. The van der Waals surface area contributed by atoms with Crippen molar-refractivity contribution >= 4 is 5.69 Å². The van der Waals surface area contributed by atoms with Gasteiger partial charge in [0.2, 0.25) is 0 Å². The first-order valence-corrected chi connectivity index (χ1v) is 8.37. The van der Waals surface area contributed by atoms with Crippen LogP contribution in [-0.2, 0) is 0 Å². The van der Waals surface area contributed by atoms with E-state index < -0.39 is 0 Å². The van der Waals surface area contributed by atoms with Crippen LogP contribution in [0.2, 0.25) is 0 Å². The molecule has 0 aliphatic rings. The quantitative estimate of drug-likeness (QED) is 0.565. The van der Waals surface area contributed by atoms with Crippen LogP contribution in [0.4, 0.5) is 5.69 Å². The normalized spacial score (nSPS) is 12.0. The number of rotatable bonds is 11. The SMILES string of the molecule is CCCCCCC(C)Nc1cc(OCC)ccc1OCC. The smallest absolute Gasteiger partial charge is 0.142 e. The molecule has 1 aromatic rings. The summed E-state index contributed by atoms with van der Waals surface area (Å²) in [6.45, 7) is 9.84. The van der Waals surface area contributed by atoms with Crippen LogP contribution in [0.25, 0.3) is 0 Å². The maximum Gasteiger partial charge on any atom is 0.142 e. The van der Waals surface area contributed by atoms with Crippen molar-refractivity contribution in [1.29, 1.82) is 0 Å². The van der Waals surface area contributed by atoms with Gasteiger partial charge in [-0.2, -0.15) is 0 Å². The Hall–Kier alpha value is -1.38. The molecule has 0 saturated carbocycles. The standard InChI is InChI=1S/C18H31NO2/c1-5-8-9-10-11-15(4)19-17-14-16(20-6-2)12-13-18(17)21-7-3/h12-15,19H,5-11H2,1-4H3. The maximum absolute atomic E-state index is 5.70. The second-order valence-corrected chi connectivity index (χ2v) is 5.42. The average Bonchev–Trinajstić information content (AvgIpc) is 2.47. The van der Waals surface area contributed by atoms with Crippen LogP contribution in [0.5, 0.6) is 11.5 Å². The van der Waals surface area contributed by atoms with Crippen molar-refractivity contribution in [1.82, 2.24) is 0 Å². The zero-order valence-electron chi connectivity index (χ0n) is 14.1. The van der Waals surface area contributed by atoms with Gasteiger partial charge < -0.3 is 14.8 Å². The lowest BCUT2D eigenvalue weighted by atomic mass is 10.1. The Morgan fingerprint density at radius 2 is 1.76 bits per heavy atom. The number of nitrogens with one attached hydrogen (secondary N) is 1. The summed E-state index contributed by atoms with van der Waals surface area (Å²) in [6.07, 6.45) is 6.39. The first-order valence-electron chi connectivity index (χ1n) is 8.37.